The molecule has 0 radical (unpaired) electrons. The van der Waals surface area contributed by atoms with E-state index in [0.29, 0.717) is 6.42 Å². The lowest BCUT2D eigenvalue weighted by Gasteiger charge is -2.41. The molecule has 2 aromatic rings. The number of fused-ring (bicyclic) bond motifs is 2. The van der Waals surface area contributed by atoms with Crippen LogP contribution in [0.1, 0.15) is 38.3 Å². The molecule has 2 aromatic carbocycles. The first-order chi connectivity index (χ1) is 14.8. The van der Waals surface area contributed by atoms with Crippen molar-refractivity contribution < 1.29 is 19.1 Å². The zero-order valence-corrected chi connectivity index (χ0v) is 18.4. The van der Waals surface area contributed by atoms with Gasteiger partial charge in [0.15, 0.2) is 0 Å². The summed E-state index contributed by atoms with van der Waals surface area (Å²) in [5.74, 6) is 0.0969. The molecule has 2 atom stereocenters. The van der Waals surface area contributed by atoms with E-state index in [1.807, 2.05) is 53.4 Å². The fourth-order valence-corrected chi connectivity index (χ4v) is 4.74. The highest BCUT2D eigenvalue weighted by atomic mass is 16.5. The molecule has 1 unspecified atom stereocenters. The highest BCUT2D eigenvalue weighted by Crippen LogP contribution is 2.48. The number of nitrogens with zero attached hydrogens (tertiary/aromatic N) is 2. The normalized spacial score (nSPS) is 22.0. The van der Waals surface area contributed by atoms with Crippen LogP contribution in [-0.4, -0.2) is 38.2 Å². The molecule has 31 heavy (non-hydrogen) atoms. The lowest BCUT2D eigenvalue weighted by atomic mass is 9.68. The Bertz CT molecular complexity index is 1030. The fraction of sp³-hybridized carbons (Fsp3) is 0.400. The number of aliphatic imine (C=N–C) groups is 1. The van der Waals surface area contributed by atoms with E-state index in [-0.39, 0.29) is 29.8 Å². The quantitative estimate of drug-likeness (QED) is 0.681. The van der Waals surface area contributed by atoms with Gasteiger partial charge in [0.2, 0.25) is 0 Å². The van der Waals surface area contributed by atoms with Gasteiger partial charge in [0, 0.05) is 12.1 Å². The number of esters is 1. The van der Waals surface area contributed by atoms with E-state index in [1.165, 1.54) is 7.11 Å². The molecule has 0 bridgehead atoms. The molecule has 6 heteroatoms. The second-order valence-corrected chi connectivity index (χ2v) is 8.98. The first kappa shape index (κ1) is 21.1. The van der Waals surface area contributed by atoms with Crippen molar-refractivity contribution in [1.29, 1.82) is 0 Å². The largest absolute Gasteiger partial charge is 0.497 e. The van der Waals surface area contributed by atoms with Gasteiger partial charge in [0.1, 0.15) is 18.1 Å². The van der Waals surface area contributed by atoms with Crippen LogP contribution in [0.25, 0.3) is 0 Å². The second-order valence-electron chi connectivity index (χ2n) is 8.98. The number of ketones is 1. The van der Waals surface area contributed by atoms with Crippen LogP contribution in [0.3, 0.4) is 0 Å². The third-order valence-corrected chi connectivity index (χ3v) is 6.11. The zero-order chi connectivity index (χ0) is 22.2. The fourth-order valence-electron chi connectivity index (χ4n) is 4.74. The summed E-state index contributed by atoms with van der Waals surface area (Å²) < 4.78 is 10.3. The van der Waals surface area contributed by atoms with E-state index in [9.17, 15) is 9.59 Å². The van der Waals surface area contributed by atoms with Crippen LogP contribution in [0.2, 0.25) is 0 Å². The Morgan fingerprint density at radius 2 is 1.81 bits per heavy atom. The smallest absolute Gasteiger partial charge is 0.325 e. The molecule has 1 heterocycles. The number of ether oxygens (including phenoxy) is 2. The minimum atomic E-state index is -0.432. The molecule has 1 aliphatic heterocycles. The maximum atomic E-state index is 13.5. The summed E-state index contributed by atoms with van der Waals surface area (Å²) in [6, 6.07) is 15.1. The number of benzene rings is 2. The van der Waals surface area contributed by atoms with Gasteiger partial charge in [-0.05, 0) is 41.7 Å². The minimum absolute atomic E-state index is 0.0280. The SMILES string of the molecule is COC(=O)CN1c2ccccc2N=C2CC(C)(C)CC(=O)C2[C@H]1c1ccc(OC)cc1. The molecule has 0 saturated heterocycles. The summed E-state index contributed by atoms with van der Waals surface area (Å²) in [7, 11) is 3.00. The van der Waals surface area contributed by atoms with Gasteiger partial charge in [-0.3, -0.25) is 14.6 Å². The molecule has 0 spiro atoms. The van der Waals surface area contributed by atoms with Crippen molar-refractivity contribution in [2.75, 3.05) is 25.7 Å². The molecule has 6 nitrogen and oxygen atoms in total. The van der Waals surface area contributed by atoms with Crippen molar-refractivity contribution in [2.45, 2.75) is 32.7 Å². The molecule has 0 amide bonds. The van der Waals surface area contributed by atoms with Crippen LogP contribution < -0.4 is 9.64 Å². The predicted molar refractivity (Wildman–Crippen MR) is 120 cm³/mol. The van der Waals surface area contributed by atoms with E-state index in [0.717, 1.165) is 34.8 Å². The van der Waals surface area contributed by atoms with Crippen LogP contribution >= 0.6 is 0 Å². The molecule has 2 aliphatic rings. The van der Waals surface area contributed by atoms with Gasteiger partial charge in [-0.2, -0.15) is 0 Å². The Balaban J connectivity index is 1.92. The maximum absolute atomic E-state index is 13.5. The van der Waals surface area contributed by atoms with Crippen LogP contribution in [0.4, 0.5) is 11.4 Å². The molecule has 4 rings (SSSR count). The van der Waals surface area contributed by atoms with Gasteiger partial charge in [-0.15, -0.1) is 0 Å². The number of hydrogen-bond donors (Lipinski definition) is 0. The molecule has 1 saturated carbocycles. The Hall–Kier alpha value is -3.15. The predicted octanol–water partition coefficient (Wildman–Crippen LogP) is 4.51. The van der Waals surface area contributed by atoms with Crippen molar-refractivity contribution in [3.8, 4) is 5.75 Å². The van der Waals surface area contributed by atoms with E-state index in [2.05, 4.69) is 13.8 Å². The van der Waals surface area contributed by atoms with Crippen molar-refractivity contribution in [1.82, 2.24) is 0 Å². The summed E-state index contributed by atoms with van der Waals surface area (Å²) >= 11 is 0. The van der Waals surface area contributed by atoms with E-state index >= 15 is 0 Å². The minimum Gasteiger partial charge on any atom is -0.497 e. The molecule has 0 N–H and O–H groups in total. The van der Waals surface area contributed by atoms with Crippen molar-refractivity contribution in [2.24, 2.45) is 16.3 Å². The Morgan fingerprint density at radius 3 is 2.48 bits per heavy atom. The van der Waals surface area contributed by atoms with Crippen LogP contribution in [0.5, 0.6) is 5.75 Å². The number of Topliss-reactive ketones (excluding diaryl/α,β-unsaturated/α-hetero) is 1. The molecule has 1 aliphatic carbocycles. The van der Waals surface area contributed by atoms with Crippen LogP contribution in [0, 0.1) is 11.3 Å². The first-order valence-electron chi connectivity index (χ1n) is 10.5. The monoisotopic (exact) mass is 420 g/mol. The third-order valence-electron chi connectivity index (χ3n) is 6.11. The summed E-state index contributed by atoms with van der Waals surface area (Å²) in [6.45, 7) is 4.24. The van der Waals surface area contributed by atoms with Crippen molar-refractivity contribution >= 4 is 28.8 Å². The number of para-hydroxylation sites is 2. The lowest BCUT2D eigenvalue weighted by Crippen LogP contribution is -2.46. The lowest BCUT2D eigenvalue weighted by molar-refractivity contribution is -0.139. The molecular weight excluding hydrogens is 392 g/mol. The highest BCUT2D eigenvalue weighted by molar-refractivity contribution is 6.11. The van der Waals surface area contributed by atoms with E-state index < -0.39 is 5.92 Å². The molecule has 1 fully saturated rings. The van der Waals surface area contributed by atoms with Gasteiger partial charge in [0.25, 0.3) is 0 Å². The topological polar surface area (TPSA) is 68.2 Å². The van der Waals surface area contributed by atoms with Crippen LogP contribution in [-0.2, 0) is 14.3 Å². The summed E-state index contributed by atoms with van der Waals surface area (Å²) in [6.07, 6.45) is 1.21. The Labute approximate surface area is 182 Å². The van der Waals surface area contributed by atoms with Crippen LogP contribution in [0.15, 0.2) is 53.5 Å². The Morgan fingerprint density at radius 1 is 1.10 bits per heavy atom. The van der Waals surface area contributed by atoms with Gasteiger partial charge >= 0.3 is 5.97 Å². The summed E-state index contributed by atoms with van der Waals surface area (Å²) in [5.41, 5.74) is 3.26. The van der Waals surface area contributed by atoms with Gasteiger partial charge in [0.05, 0.1) is 37.6 Å². The van der Waals surface area contributed by atoms with Gasteiger partial charge in [-0.25, -0.2) is 0 Å². The van der Waals surface area contributed by atoms with Gasteiger partial charge in [-0.1, -0.05) is 38.1 Å². The van der Waals surface area contributed by atoms with Crippen molar-refractivity contribution in [3.63, 3.8) is 0 Å². The average molecular weight is 421 g/mol. The number of carbonyl (C=O) groups is 2. The molecule has 162 valence electrons. The maximum Gasteiger partial charge on any atom is 0.325 e. The van der Waals surface area contributed by atoms with Gasteiger partial charge < -0.3 is 14.4 Å². The highest BCUT2D eigenvalue weighted by Gasteiger charge is 2.46. The van der Waals surface area contributed by atoms with Crippen molar-refractivity contribution in [3.05, 3.63) is 54.1 Å². The van der Waals surface area contributed by atoms with E-state index in [1.54, 1.807) is 7.11 Å². The van der Waals surface area contributed by atoms with E-state index in [4.69, 9.17) is 14.5 Å². The summed E-state index contributed by atoms with van der Waals surface area (Å²) in [4.78, 5) is 32.9. The second kappa shape index (κ2) is 8.17. The number of carbonyl (C=O) groups excluding carboxylic acids is 2. The standard InChI is InChI=1S/C25H28N2O4/c1-25(2)13-19-23(21(28)14-25)24(16-9-11-17(30-3)12-10-16)27(15-22(29)31-4)20-8-6-5-7-18(20)26-19/h5-12,23-24H,13-15H2,1-4H3/t23?,24-/m1/s1. The zero-order valence-electron chi connectivity index (χ0n) is 18.4. The third kappa shape index (κ3) is 4.07. The molecule has 0 aromatic heterocycles. The molecular formula is C25H28N2O4. The average Bonchev–Trinajstić information content (AvgIpc) is 2.87. The number of rotatable bonds is 4. The number of hydrogen-bond acceptors (Lipinski definition) is 6. The number of anilines is 1. The summed E-state index contributed by atoms with van der Waals surface area (Å²) in [5, 5.41) is 0. The first-order valence-corrected chi connectivity index (χ1v) is 10.5. The Kier molecular flexibility index (Phi) is 5.56. The number of methoxy groups -OCH3 is 2.